The summed E-state index contributed by atoms with van der Waals surface area (Å²) in [7, 11) is 0. The second kappa shape index (κ2) is 9.62. The first-order valence-corrected chi connectivity index (χ1v) is 10.4. The van der Waals surface area contributed by atoms with Gasteiger partial charge in [-0.15, -0.1) is 0 Å². The first kappa shape index (κ1) is 22.8. The van der Waals surface area contributed by atoms with Crippen LogP contribution in [0.15, 0.2) is 71.3 Å². The van der Waals surface area contributed by atoms with Gasteiger partial charge in [-0.2, -0.15) is 4.98 Å². The molecule has 0 saturated carbocycles. The van der Waals surface area contributed by atoms with Crippen molar-refractivity contribution in [1.82, 2.24) is 15.5 Å². The number of nitrogens with one attached hydrogen (secondary N) is 2. The first-order chi connectivity index (χ1) is 16.3. The maximum absolute atomic E-state index is 13.9. The third-order valence-electron chi connectivity index (χ3n) is 5.13. The van der Waals surface area contributed by atoms with Crippen LogP contribution >= 0.6 is 0 Å². The van der Waals surface area contributed by atoms with Gasteiger partial charge in [0.1, 0.15) is 17.7 Å². The van der Waals surface area contributed by atoms with E-state index >= 15 is 0 Å². The number of hydrogen-bond acceptors (Lipinski definition) is 5. The summed E-state index contributed by atoms with van der Waals surface area (Å²) in [6.45, 7) is 3.44. The molecule has 3 aromatic carbocycles. The Hall–Kier alpha value is -4.40. The van der Waals surface area contributed by atoms with Crippen molar-refractivity contribution in [3.63, 3.8) is 0 Å². The molecule has 2 N–H and O–H groups in total. The van der Waals surface area contributed by atoms with Crippen molar-refractivity contribution in [1.29, 1.82) is 0 Å². The Morgan fingerprint density at radius 2 is 1.71 bits per heavy atom. The molecule has 34 heavy (non-hydrogen) atoms. The van der Waals surface area contributed by atoms with Crippen LogP contribution in [0.5, 0.6) is 0 Å². The fourth-order valence-corrected chi connectivity index (χ4v) is 3.20. The van der Waals surface area contributed by atoms with Crippen molar-refractivity contribution in [2.45, 2.75) is 19.9 Å². The van der Waals surface area contributed by atoms with Crippen LogP contribution in [0.2, 0.25) is 0 Å². The van der Waals surface area contributed by atoms with Crippen LogP contribution in [0.4, 0.5) is 14.5 Å². The molecule has 2 amide bonds. The molecular weight excluding hydrogens is 442 g/mol. The van der Waals surface area contributed by atoms with Gasteiger partial charge < -0.3 is 15.2 Å². The maximum Gasteiger partial charge on any atom is 0.258 e. The van der Waals surface area contributed by atoms with Crippen LogP contribution in [0, 0.1) is 18.6 Å². The number of carbonyl (C=O) groups excluding carboxylic acids is 2. The highest BCUT2D eigenvalue weighted by Crippen LogP contribution is 2.21. The molecule has 7 nitrogen and oxygen atoms in total. The summed E-state index contributed by atoms with van der Waals surface area (Å²) in [5, 5.41) is 9.28. The Kier molecular flexibility index (Phi) is 6.44. The lowest BCUT2D eigenvalue weighted by atomic mass is 10.1. The number of carbonyl (C=O) groups is 2. The van der Waals surface area contributed by atoms with Gasteiger partial charge in [0.15, 0.2) is 0 Å². The van der Waals surface area contributed by atoms with Crippen molar-refractivity contribution in [3.05, 3.63) is 101 Å². The molecule has 0 aliphatic carbocycles. The number of anilines is 1. The van der Waals surface area contributed by atoms with E-state index in [0.717, 1.165) is 0 Å². The quantitative estimate of drug-likeness (QED) is 0.417. The zero-order valence-electron chi connectivity index (χ0n) is 18.3. The van der Waals surface area contributed by atoms with Crippen LogP contribution in [0.25, 0.3) is 11.4 Å². The Morgan fingerprint density at radius 3 is 2.44 bits per heavy atom. The lowest BCUT2D eigenvalue weighted by Gasteiger charge is -2.13. The van der Waals surface area contributed by atoms with Crippen LogP contribution in [0.3, 0.4) is 0 Å². The normalized spacial score (nSPS) is 11.6. The van der Waals surface area contributed by atoms with Crippen LogP contribution in [-0.2, 0) is 0 Å². The third kappa shape index (κ3) is 4.98. The minimum Gasteiger partial charge on any atom is -0.341 e. The summed E-state index contributed by atoms with van der Waals surface area (Å²) in [4.78, 5) is 29.5. The Bertz CT molecular complexity index is 1350. The summed E-state index contributed by atoms with van der Waals surface area (Å²) < 4.78 is 32.3. The topological polar surface area (TPSA) is 97.1 Å². The number of hydrogen-bond donors (Lipinski definition) is 2. The minimum atomic E-state index is -0.639. The molecule has 4 rings (SSSR count). The molecule has 0 aliphatic heterocycles. The molecule has 0 saturated heterocycles. The standard InChI is InChI=1S/C25H20F2N4O3/c1-14-7-8-17(13-21(14)29-24(33)19-5-3-4-6-20(19)27)23(32)28-15(2)25-30-22(31-34-25)16-9-11-18(26)12-10-16/h3-13,15H,1-2H3,(H,28,32)(H,29,33). The summed E-state index contributed by atoms with van der Waals surface area (Å²) in [6.07, 6.45) is 0. The van der Waals surface area contributed by atoms with E-state index in [2.05, 4.69) is 20.8 Å². The second-order valence-corrected chi connectivity index (χ2v) is 7.62. The van der Waals surface area contributed by atoms with E-state index in [1.165, 1.54) is 48.5 Å². The lowest BCUT2D eigenvalue weighted by Crippen LogP contribution is -2.27. The van der Waals surface area contributed by atoms with Crippen LogP contribution < -0.4 is 10.6 Å². The molecule has 9 heteroatoms. The molecule has 0 bridgehead atoms. The number of amides is 2. The third-order valence-corrected chi connectivity index (χ3v) is 5.13. The average Bonchev–Trinajstić information content (AvgIpc) is 3.31. The highest BCUT2D eigenvalue weighted by Gasteiger charge is 2.19. The van der Waals surface area contributed by atoms with Gasteiger partial charge in [0, 0.05) is 16.8 Å². The summed E-state index contributed by atoms with van der Waals surface area (Å²) in [6, 6.07) is 15.4. The number of halogens is 2. The van der Waals surface area contributed by atoms with Gasteiger partial charge in [0.05, 0.1) is 5.56 Å². The smallest absolute Gasteiger partial charge is 0.258 e. The summed E-state index contributed by atoms with van der Waals surface area (Å²) >= 11 is 0. The van der Waals surface area contributed by atoms with Gasteiger partial charge in [-0.3, -0.25) is 9.59 Å². The van der Waals surface area contributed by atoms with E-state index < -0.39 is 23.7 Å². The molecule has 172 valence electrons. The van der Waals surface area contributed by atoms with Crippen LogP contribution in [-0.4, -0.2) is 22.0 Å². The maximum atomic E-state index is 13.9. The predicted molar refractivity (Wildman–Crippen MR) is 121 cm³/mol. The monoisotopic (exact) mass is 462 g/mol. The second-order valence-electron chi connectivity index (χ2n) is 7.62. The lowest BCUT2D eigenvalue weighted by molar-refractivity contribution is 0.0931. The van der Waals surface area contributed by atoms with Gasteiger partial charge in [0.2, 0.25) is 11.7 Å². The molecule has 0 fully saturated rings. The number of aryl methyl sites for hydroxylation is 1. The van der Waals surface area contributed by atoms with Gasteiger partial charge in [-0.05, 0) is 67.9 Å². The number of rotatable bonds is 6. The van der Waals surface area contributed by atoms with Gasteiger partial charge >= 0.3 is 0 Å². The summed E-state index contributed by atoms with van der Waals surface area (Å²) in [5.41, 5.74) is 1.84. The van der Waals surface area contributed by atoms with E-state index in [1.54, 1.807) is 32.0 Å². The zero-order chi connectivity index (χ0) is 24.2. The van der Waals surface area contributed by atoms with E-state index in [1.807, 2.05) is 0 Å². The van der Waals surface area contributed by atoms with Gasteiger partial charge in [0.25, 0.3) is 11.8 Å². The fraction of sp³-hybridized carbons (Fsp3) is 0.120. The van der Waals surface area contributed by atoms with Crippen molar-refractivity contribution >= 4 is 17.5 Å². The zero-order valence-corrected chi connectivity index (χ0v) is 18.3. The van der Waals surface area contributed by atoms with E-state index in [9.17, 15) is 18.4 Å². The largest absolute Gasteiger partial charge is 0.341 e. The molecule has 0 spiro atoms. The SMILES string of the molecule is Cc1ccc(C(=O)NC(C)c2nc(-c3ccc(F)cc3)no2)cc1NC(=O)c1ccccc1F. The van der Waals surface area contributed by atoms with E-state index in [-0.39, 0.29) is 28.7 Å². The molecule has 1 heterocycles. The Balaban J connectivity index is 1.46. The Morgan fingerprint density at radius 1 is 0.971 bits per heavy atom. The molecular formula is C25H20F2N4O3. The molecule has 4 aromatic rings. The first-order valence-electron chi connectivity index (χ1n) is 10.4. The highest BCUT2D eigenvalue weighted by atomic mass is 19.1. The highest BCUT2D eigenvalue weighted by molar-refractivity contribution is 6.05. The summed E-state index contributed by atoms with van der Waals surface area (Å²) in [5.74, 6) is -1.63. The molecule has 1 aromatic heterocycles. The Labute approximate surface area is 193 Å². The van der Waals surface area contributed by atoms with Crippen molar-refractivity contribution in [2.24, 2.45) is 0 Å². The van der Waals surface area contributed by atoms with Crippen molar-refractivity contribution < 1.29 is 22.9 Å². The molecule has 0 radical (unpaired) electrons. The number of nitrogens with zero attached hydrogens (tertiary/aromatic N) is 2. The van der Waals surface area contributed by atoms with Crippen molar-refractivity contribution in [2.75, 3.05) is 5.32 Å². The molecule has 1 atom stereocenters. The average molecular weight is 462 g/mol. The molecule has 1 unspecified atom stereocenters. The fourth-order valence-electron chi connectivity index (χ4n) is 3.20. The van der Waals surface area contributed by atoms with E-state index in [0.29, 0.717) is 16.8 Å². The van der Waals surface area contributed by atoms with Gasteiger partial charge in [-0.25, -0.2) is 8.78 Å². The predicted octanol–water partition coefficient (Wildman–Crippen LogP) is 5.07. The van der Waals surface area contributed by atoms with Crippen LogP contribution in [0.1, 0.15) is 45.1 Å². The number of aromatic nitrogens is 2. The van der Waals surface area contributed by atoms with Gasteiger partial charge in [-0.1, -0.05) is 23.4 Å². The number of benzene rings is 3. The van der Waals surface area contributed by atoms with Crippen molar-refractivity contribution in [3.8, 4) is 11.4 Å². The minimum absolute atomic E-state index is 0.0984. The molecule has 0 aliphatic rings. The van der Waals surface area contributed by atoms with E-state index in [4.69, 9.17) is 4.52 Å².